The van der Waals surface area contributed by atoms with Crippen LogP contribution in [0.4, 0.5) is 0 Å². The first kappa shape index (κ1) is 18.7. The number of aryl methyl sites for hydroxylation is 1. The first-order valence-corrected chi connectivity index (χ1v) is 8.76. The summed E-state index contributed by atoms with van der Waals surface area (Å²) in [5.74, 6) is 0. The summed E-state index contributed by atoms with van der Waals surface area (Å²) in [5, 5.41) is 10.3. The molecule has 130 valence electrons. The second kappa shape index (κ2) is 10.2. The molecule has 1 atom stereocenters. The molecule has 0 spiro atoms. The van der Waals surface area contributed by atoms with Gasteiger partial charge >= 0.3 is 0 Å². The Labute approximate surface area is 146 Å². The maximum atomic E-state index is 10.3. The average molecular weight is 326 g/mol. The number of aliphatic hydroxyl groups excluding tert-OH is 1. The van der Waals surface area contributed by atoms with E-state index in [0.717, 1.165) is 25.9 Å². The van der Waals surface area contributed by atoms with Crippen LogP contribution in [-0.2, 0) is 13.0 Å². The van der Waals surface area contributed by atoms with E-state index >= 15 is 0 Å². The highest BCUT2D eigenvalue weighted by Crippen LogP contribution is 2.05. The second-order valence-corrected chi connectivity index (χ2v) is 6.69. The van der Waals surface area contributed by atoms with E-state index in [4.69, 9.17) is 0 Å². The van der Waals surface area contributed by atoms with Crippen molar-refractivity contribution in [3.05, 3.63) is 71.8 Å². The zero-order chi connectivity index (χ0) is 17.2. The van der Waals surface area contributed by atoms with E-state index in [9.17, 15) is 5.11 Å². The van der Waals surface area contributed by atoms with Crippen molar-refractivity contribution in [2.45, 2.75) is 25.5 Å². The summed E-state index contributed by atoms with van der Waals surface area (Å²) in [6.07, 6.45) is 1.89. The summed E-state index contributed by atoms with van der Waals surface area (Å²) in [6, 6.07) is 21.0. The highest BCUT2D eigenvalue weighted by molar-refractivity contribution is 5.15. The Balaban J connectivity index is 1.63. The summed E-state index contributed by atoms with van der Waals surface area (Å²) >= 11 is 0. The lowest BCUT2D eigenvalue weighted by Crippen LogP contribution is -2.37. The Bertz CT molecular complexity index is 559. The molecule has 2 aromatic rings. The van der Waals surface area contributed by atoms with Gasteiger partial charge in [-0.1, -0.05) is 60.7 Å². The van der Waals surface area contributed by atoms with Crippen molar-refractivity contribution in [2.75, 3.05) is 33.7 Å². The molecule has 2 rings (SSSR count). The lowest BCUT2D eigenvalue weighted by atomic mass is 10.1. The molecular weight excluding hydrogens is 296 g/mol. The van der Waals surface area contributed by atoms with Crippen LogP contribution in [-0.4, -0.2) is 54.7 Å². The first-order valence-electron chi connectivity index (χ1n) is 8.76. The van der Waals surface area contributed by atoms with Crippen molar-refractivity contribution in [3.63, 3.8) is 0 Å². The van der Waals surface area contributed by atoms with Crippen LogP contribution in [0.5, 0.6) is 0 Å². The molecule has 0 fully saturated rings. The van der Waals surface area contributed by atoms with Crippen LogP contribution in [0.1, 0.15) is 17.5 Å². The number of aliphatic hydroxyl groups is 1. The monoisotopic (exact) mass is 326 g/mol. The second-order valence-electron chi connectivity index (χ2n) is 6.69. The van der Waals surface area contributed by atoms with Crippen LogP contribution < -0.4 is 0 Å². The van der Waals surface area contributed by atoms with Gasteiger partial charge in [0.25, 0.3) is 0 Å². The maximum Gasteiger partial charge on any atom is 0.0793 e. The fraction of sp³-hybridized carbons (Fsp3) is 0.429. The minimum Gasteiger partial charge on any atom is -0.390 e. The number of hydrogen-bond acceptors (Lipinski definition) is 3. The Morgan fingerprint density at radius 1 is 0.792 bits per heavy atom. The van der Waals surface area contributed by atoms with E-state index in [1.807, 2.05) is 6.07 Å². The van der Waals surface area contributed by atoms with Gasteiger partial charge in [0.2, 0.25) is 0 Å². The zero-order valence-corrected chi connectivity index (χ0v) is 14.9. The summed E-state index contributed by atoms with van der Waals surface area (Å²) < 4.78 is 0. The molecule has 0 amide bonds. The largest absolute Gasteiger partial charge is 0.390 e. The Kier molecular flexibility index (Phi) is 7.96. The molecule has 3 heteroatoms. The lowest BCUT2D eigenvalue weighted by Gasteiger charge is -2.24. The van der Waals surface area contributed by atoms with Gasteiger partial charge in [-0.2, -0.15) is 0 Å². The third kappa shape index (κ3) is 7.26. The molecule has 0 radical (unpaired) electrons. The molecule has 0 saturated heterocycles. The van der Waals surface area contributed by atoms with Gasteiger partial charge in [-0.25, -0.2) is 0 Å². The van der Waals surface area contributed by atoms with Gasteiger partial charge in [-0.3, -0.25) is 4.90 Å². The fourth-order valence-electron chi connectivity index (χ4n) is 3.03. The summed E-state index contributed by atoms with van der Waals surface area (Å²) in [6.45, 7) is 3.29. The third-order valence-corrected chi connectivity index (χ3v) is 4.19. The van der Waals surface area contributed by atoms with Gasteiger partial charge in [0.05, 0.1) is 6.10 Å². The van der Waals surface area contributed by atoms with Crippen LogP contribution in [0.15, 0.2) is 60.7 Å². The molecule has 1 N–H and O–H groups in total. The van der Waals surface area contributed by atoms with E-state index in [1.54, 1.807) is 0 Å². The predicted molar refractivity (Wildman–Crippen MR) is 101 cm³/mol. The number of nitrogens with zero attached hydrogens (tertiary/aromatic N) is 2. The smallest absolute Gasteiger partial charge is 0.0793 e. The molecule has 0 aliphatic heterocycles. The van der Waals surface area contributed by atoms with Gasteiger partial charge in [-0.05, 0) is 44.6 Å². The number of hydrogen-bond donors (Lipinski definition) is 1. The highest BCUT2D eigenvalue weighted by Gasteiger charge is 2.11. The van der Waals surface area contributed by atoms with E-state index in [1.165, 1.54) is 11.1 Å². The molecule has 0 heterocycles. The third-order valence-electron chi connectivity index (χ3n) is 4.19. The fourth-order valence-corrected chi connectivity index (χ4v) is 3.03. The Morgan fingerprint density at radius 2 is 1.33 bits per heavy atom. The van der Waals surface area contributed by atoms with Gasteiger partial charge in [0.1, 0.15) is 0 Å². The van der Waals surface area contributed by atoms with Gasteiger partial charge in [0.15, 0.2) is 0 Å². The average Bonchev–Trinajstić information content (AvgIpc) is 2.56. The van der Waals surface area contributed by atoms with Crippen LogP contribution >= 0.6 is 0 Å². The normalized spacial score (nSPS) is 12.7. The Morgan fingerprint density at radius 3 is 1.96 bits per heavy atom. The zero-order valence-electron chi connectivity index (χ0n) is 14.9. The highest BCUT2D eigenvalue weighted by atomic mass is 16.3. The molecule has 24 heavy (non-hydrogen) atoms. The van der Waals surface area contributed by atoms with E-state index < -0.39 is 0 Å². The summed E-state index contributed by atoms with van der Waals surface area (Å²) in [5.41, 5.74) is 2.66. The van der Waals surface area contributed by atoms with Crippen molar-refractivity contribution >= 4 is 0 Å². The van der Waals surface area contributed by atoms with Gasteiger partial charge in [-0.15, -0.1) is 0 Å². The van der Waals surface area contributed by atoms with Crippen molar-refractivity contribution in [2.24, 2.45) is 0 Å². The molecule has 0 aromatic heterocycles. The Hall–Kier alpha value is -1.68. The number of likely N-dealkylation sites (N-methyl/N-ethyl adjacent to an activating group) is 2. The van der Waals surface area contributed by atoms with E-state index in [-0.39, 0.29) is 6.10 Å². The topological polar surface area (TPSA) is 26.7 Å². The molecule has 1 unspecified atom stereocenters. The van der Waals surface area contributed by atoms with Crippen molar-refractivity contribution in [1.82, 2.24) is 9.80 Å². The standard InChI is InChI=1S/C21H30N2O/c1-22(15-9-14-19-10-5-3-6-11-19)17-21(24)18-23(2)16-20-12-7-4-8-13-20/h3-8,10-13,21,24H,9,14-18H2,1-2H3. The van der Waals surface area contributed by atoms with Crippen molar-refractivity contribution in [3.8, 4) is 0 Å². The molecule has 2 aromatic carbocycles. The quantitative estimate of drug-likeness (QED) is 0.727. The lowest BCUT2D eigenvalue weighted by molar-refractivity contribution is 0.0886. The molecule has 0 saturated carbocycles. The number of benzene rings is 2. The first-order chi connectivity index (χ1) is 11.6. The molecule has 0 aliphatic carbocycles. The van der Waals surface area contributed by atoms with Gasteiger partial charge in [0, 0.05) is 19.6 Å². The maximum absolute atomic E-state index is 10.3. The molecule has 3 nitrogen and oxygen atoms in total. The molecular formula is C21H30N2O. The van der Waals surface area contributed by atoms with Crippen molar-refractivity contribution in [1.29, 1.82) is 0 Å². The van der Waals surface area contributed by atoms with Crippen LogP contribution in [0.2, 0.25) is 0 Å². The SMILES string of the molecule is CN(CCCc1ccccc1)CC(O)CN(C)Cc1ccccc1. The van der Waals surface area contributed by atoms with Crippen molar-refractivity contribution < 1.29 is 5.11 Å². The molecule has 0 bridgehead atoms. The van der Waals surface area contributed by atoms with Gasteiger partial charge < -0.3 is 10.0 Å². The van der Waals surface area contributed by atoms with E-state index in [2.05, 4.69) is 78.5 Å². The van der Waals surface area contributed by atoms with Crippen LogP contribution in [0.25, 0.3) is 0 Å². The minimum atomic E-state index is -0.319. The van der Waals surface area contributed by atoms with Crippen LogP contribution in [0, 0.1) is 0 Å². The molecule has 0 aliphatic rings. The predicted octanol–water partition coefficient (Wildman–Crippen LogP) is 3.04. The number of rotatable bonds is 10. The van der Waals surface area contributed by atoms with Crippen LogP contribution in [0.3, 0.4) is 0 Å². The summed E-state index contributed by atoms with van der Waals surface area (Å²) in [7, 11) is 4.15. The summed E-state index contributed by atoms with van der Waals surface area (Å²) in [4.78, 5) is 4.40. The van der Waals surface area contributed by atoms with E-state index in [0.29, 0.717) is 13.1 Å². The minimum absolute atomic E-state index is 0.319.